The second kappa shape index (κ2) is 10.7. The Labute approximate surface area is 184 Å². The van der Waals surface area contributed by atoms with Crippen molar-refractivity contribution >= 4 is 12.0 Å². The summed E-state index contributed by atoms with van der Waals surface area (Å²) in [5.74, 6) is 0.426. The van der Waals surface area contributed by atoms with E-state index in [1.54, 1.807) is 17.1 Å². The monoisotopic (exact) mass is 443 g/mol. The van der Waals surface area contributed by atoms with E-state index < -0.39 is 11.7 Å². The highest BCUT2D eigenvalue weighted by atomic mass is 19.4. The molecule has 1 amide bonds. The van der Waals surface area contributed by atoms with E-state index in [4.69, 9.17) is 4.52 Å². The summed E-state index contributed by atoms with van der Waals surface area (Å²) < 4.78 is 43.4. The Kier molecular flexibility index (Phi) is 7.81. The summed E-state index contributed by atoms with van der Waals surface area (Å²) >= 11 is 0. The topological polar surface area (TPSA) is 59.2 Å². The number of amides is 1. The van der Waals surface area contributed by atoms with E-state index >= 15 is 0 Å². The highest BCUT2D eigenvalue weighted by Crippen LogP contribution is 2.30. The van der Waals surface area contributed by atoms with Crippen molar-refractivity contribution in [2.45, 2.75) is 32.4 Å². The van der Waals surface area contributed by atoms with Crippen molar-refractivity contribution in [2.24, 2.45) is 0 Å². The van der Waals surface area contributed by atoms with E-state index in [2.05, 4.69) is 17.1 Å². The van der Waals surface area contributed by atoms with E-state index in [-0.39, 0.29) is 11.7 Å². The molecule has 32 heavy (non-hydrogen) atoms. The third-order valence-electron chi connectivity index (χ3n) is 4.85. The largest absolute Gasteiger partial charge is 0.416 e. The van der Waals surface area contributed by atoms with Gasteiger partial charge in [-0.05, 0) is 30.2 Å². The normalized spacial score (nSPS) is 11.8. The molecule has 0 fully saturated rings. The quantitative estimate of drug-likeness (QED) is 0.402. The third-order valence-corrected chi connectivity index (χ3v) is 4.85. The maximum atomic E-state index is 12.7. The van der Waals surface area contributed by atoms with Crippen LogP contribution in [0, 0.1) is 0 Å². The molecule has 0 aliphatic heterocycles. The van der Waals surface area contributed by atoms with Gasteiger partial charge in [0.05, 0.1) is 5.56 Å². The van der Waals surface area contributed by atoms with E-state index in [9.17, 15) is 18.0 Å². The van der Waals surface area contributed by atoms with Crippen molar-refractivity contribution in [3.05, 3.63) is 77.7 Å². The summed E-state index contributed by atoms with van der Waals surface area (Å²) in [4.78, 5) is 18.7. The highest BCUT2D eigenvalue weighted by Gasteiger charge is 2.30. The fourth-order valence-electron chi connectivity index (χ4n) is 3.03. The standard InChI is InChI=1S/C24H24F3N3O2/c1-2-3-16-30(22(31)14-9-18-7-5-4-6-8-18)17-15-21-28-23(29-32-21)19-10-12-20(13-11-19)24(25,26)27/h4-14H,2-3,15-17H2,1H3/b14-9+. The molecule has 5 nitrogen and oxygen atoms in total. The van der Waals surface area contributed by atoms with Crippen LogP contribution in [0.3, 0.4) is 0 Å². The van der Waals surface area contributed by atoms with Crippen LogP contribution in [0.1, 0.15) is 36.8 Å². The van der Waals surface area contributed by atoms with Crippen molar-refractivity contribution in [1.29, 1.82) is 0 Å². The number of hydrogen-bond acceptors (Lipinski definition) is 4. The van der Waals surface area contributed by atoms with Crippen LogP contribution in [0.4, 0.5) is 13.2 Å². The molecule has 0 spiro atoms. The van der Waals surface area contributed by atoms with Crippen LogP contribution >= 0.6 is 0 Å². The first-order valence-corrected chi connectivity index (χ1v) is 10.4. The summed E-state index contributed by atoms with van der Waals surface area (Å²) in [6.45, 7) is 3.05. The van der Waals surface area contributed by atoms with Crippen LogP contribution in [0.25, 0.3) is 17.5 Å². The predicted octanol–water partition coefficient (Wildman–Crippen LogP) is 5.64. The lowest BCUT2D eigenvalue weighted by molar-refractivity contribution is -0.137. The SMILES string of the molecule is CCCCN(CCc1nc(-c2ccc(C(F)(F)F)cc2)no1)C(=O)/C=C/c1ccccc1. The van der Waals surface area contributed by atoms with Gasteiger partial charge in [-0.2, -0.15) is 18.2 Å². The number of carbonyl (C=O) groups excluding carboxylic acids is 1. The van der Waals surface area contributed by atoms with E-state index in [0.717, 1.165) is 30.5 Å². The zero-order chi connectivity index (χ0) is 23.0. The zero-order valence-corrected chi connectivity index (χ0v) is 17.7. The molecule has 0 unspecified atom stereocenters. The van der Waals surface area contributed by atoms with Gasteiger partial charge in [0.2, 0.25) is 17.6 Å². The number of carbonyl (C=O) groups is 1. The average Bonchev–Trinajstić information content (AvgIpc) is 3.27. The number of nitrogens with zero attached hydrogens (tertiary/aromatic N) is 3. The Hall–Kier alpha value is -3.42. The van der Waals surface area contributed by atoms with Crippen molar-refractivity contribution < 1.29 is 22.5 Å². The number of benzene rings is 2. The van der Waals surface area contributed by atoms with Gasteiger partial charge in [-0.15, -0.1) is 0 Å². The summed E-state index contributed by atoms with van der Waals surface area (Å²) in [5, 5.41) is 3.85. The van der Waals surface area contributed by atoms with Gasteiger partial charge >= 0.3 is 6.18 Å². The molecular formula is C24H24F3N3O2. The molecule has 1 heterocycles. The predicted molar refractivity (Wildman–Crippen MR) is 115 cm³/mol. The Morgan fingerprint density at radius 3 is 2.44 bits per heavy atom. The van der Waals surface area contributed by atoms with Gasteiger partial charge < -0.3 is 9.42 Å². The van der Waals surface area contributed by atoms with Crippen LogP contribution in [-0.2, 0) is 17.4 Å². The number of unbranched alkanes of at least 4 members (excludes halogenated alkanes) is 1. The molecular weight excluding hydrogens is 419 g/mol. The maximum absolute atomic E-state index is 12.7. The van der Waals surface area contributed by atoms with Gasteiger partial charge in [0.25, 0.3) is 0 Å². The lowest BCUT2D eigenvalue weighted by Crippen LogP contribution is -2.32. The Morgan fingerprint density at radius 1 is 1.06 bits per heavy atom. The van der Waals surface area contributed by atoms with Crippen LogP contribution in [0.2, 0.25) is 0 Å². The molecule has 1 aromatic heterocycles. The van der Waals surface area contributed by atoms with Gasteiger partial charge in [-0.1, -0.05) is 61.0 Å². The molecule has 0 saturated heterocycles. The minimum Gasteiger partial charge on any atom is -0.339 e. The zero-order valence-electron chi connectivity index (χ0n) is 17.7. The van der Waals surface area contributed by atoms with Crippen LogP contribution in [0.5, 0.6) is 0 Å². The van der Waals surface area contributed by atoms with Crippen molar-refractivity contribution in [1.82, 2.24) is 15.0 Å². The van der Waals surface area contributed by atoms with Crippen LogP contribution in [0.15, 0.2) is 65.2 Å². The summed E-state index contributed by atoms with van der Waals surface area (Å²) in [7, 11) is 0. The number of hydrogen-bond donors (Lipinski definition) is 0. The minimum absolute atomic E-state index is 0.107. The van der Waals surface area contributed by atoms with Gasteiger partial charge in [-0.3, -0.25) is 4.79 Å². The average molecular weight is 443 g/mol. The summed E-state index contributed by atoms with van der Waals surface area (Å²) in [5.41, 5.74) is 0.630. The molecule has 8 heteroatoms. The molecule has 0 radical (unpaired) electrons. The highest BCUT2D eigenvalue weighted by molar-refractivity contribution is 5.91. The Balaban J connectivity index is 1.63. The van der Waals surface area contributed by atoms with E-state index in [0.29, 0.717) is 31.0 Å². The Bertz CT molecular complexity index is 1030. The third kappa shape index (κ3) is 6.54. The molecule has 0 bridgehead atoms. The first kappa shape index (κ1) is 23.2. The Morgan fingerprint density at radius 2 is 1.78 bits per heavy atom. The molecule has 0 N–H and O–H groups in total. The second-order valence-corrected chi connectivity index (χ2v) is 7.26. The number of halogens is 3. The van der Waals surface area contributed by atoms with Crippen molar-refractivity contribution in [2.75, 3.05) is 13.1 Å². The lowest BCUT2D eigenvalue weighted by Gasteiger charge is -2.20. The van der Waals surface area contributed by atoms with E-state index in [1.807, 2.05) is 30.3 Å². The molecule has 2 aromatic carbocycles. The fraction of sp³-hybridized carbons (Fsp3) is 0.292. The van der Waals surface area contributed by atoms with Crippen LogP contribution in [-0.4, -0.2) is 34.0 Å². The van der Waals surface area contributed by atoms with Gasteiger partial charge in [0.1, 0.15) is 0 Å². The molecule has 0 saturated carbocycles. The summed E-state index contributed by atoms with van der Waals surface area (Å²) in [6.07, 6.45) is 1.09. The molecule has 0 aliphatic carbocycles. The molecule has 3 rings (SSSR count). The lowest BCUT2D eigenvalue weighted by atomic mass is 10.1. The number of alkyl halides is 3. The molecule has 3 aromatic rings. The van der Waals surface area contributed by atoms with Crippen LogP contribution < -0.4 is 0 Å². The molecule has 168 valence electrons. The smallest absolute Gasteiger partial charge is 0.339 e. The van der Waals surface area contributed by atoms with Gasteiger partial charge in [0, 0.05) is 31.1 Å². The minimum atomic E-state index is -4.40. The van der Waals surface area contributed by atoms with Crippen molar-refractivity contribution in [3.8, 4) is 11.4 Å². The van der Waals surface area contributed by atoms with Gasteiger partial charge in [-0.25, -0.2) is 0 Å². The van der Waals surface area contributed by atoms with E-state index in [1.165, 1.54) is 12.1 Å². The maximum Gasteiger partial charge on any atom is 0.416 e. The number of aromatic nitrogens is 2. The fourth-order valence-corrected chi connectivity index (χ4v) is 3.03. The summed E-state index contributed by atoms with van der Waals surface area (Å²) in [6, 6.07) is 14.1. The number of rotatable bonds is 9. The molecule has 0 aliphatic rings. The van der Waals surface area contributed by atoms with Gasteiger partial charge in [0.15, 0.2) is 0 Å². The second-order valence-electron chi connectivity index (χ2n) is 7.26. The molecule has 0 atom stereocenters. The van der Waals surface area contributed by atoms with Crippen molar-refractivity contribution in [3.63, 3.8) is 0 Å². The first-order chi connectivity index (χ1) is 15.4. The first-order valence-electron chi connectivity index (χ1n) is 10.4.